The fourth-order valence-corrected chi connectivity index (χ4v) is 1.86. The van der Waals surface area contributed by atoms with Crippen molar-refractivity contribution in [2.24, 2.45) is 0 Å². The van der Waals surface area contributed by atoms with E-state index in [-0.39, 0.29) is 5.82 Å². The van der Waals surface area contributed by atoms with E-state index in [1.54, 1.807) is 18.2 Å². The molecule has 0 fully saturated rings. The molecule has 16 heavy (non-hydrogen) atoms. The van der Waals surface area contributed by atoms with Gasteiger partial charge < -0.3 is 5.73 Å². The Kier molecular flexibility index (Phi) is 2.84. The highest BCUT2D eigenvalue weighted by molar-refractivity contribution is 6.32. The van der Waals surface area contributed by atoms with Gasteiger partial charge in [-0.1, -0.05) is 23.7 Å². The smallest absolute Gasteiger partial charge is 0.123 e. The standard InChI is InChI=1S/C13H11ClFN/c1-8-12(6-11(16)7-13(8)14)9-2-4-10(15)5-3-9/h2-7H,16H2,1H3. The molecule has 0 aliphatic carbocycles. The molecule has 0 aliphatic heterocycles. The van der Waals surface area contributed by atoms with Crippen LogP contribution in [0.3, 0.4) is 0 Å². The van der Waals surface area contributed by atoms with Gasteiger partial charge in [-0.2, -0.15) is 0 Å². The molecule has 0 spiro atoms. The molecule has 0 heterocycles. The maximum Gasteiger partial charge on any atom is 0.123 e. The second-order valence-corrected chi connectivity index (χ2v) is 4.09. The predicted octanol–water partition coefficient (Wildman–Crippen LogP) is 4.04. The predicted molar refractivity (Wildman–Crippen MR) is 66.0 cm³/mol. The lowest BCUT2D eigenvalue weighted by Crippen LogP contribution is -1.90. The number of hydrogen-bond donors (Lipinski definition) is 1. The van der Waals surface area contributed by atoms with Crippen LogP contribution in [-0.2, 0) is 0 Å². The number of anilines is 1. The molecule has 0 bridgehead atoms. The molecule has 1 nitrogen and oxygen atoms in total. The summed E-state index contributed by atoms with van der Waals surface area (Å²) in [5.41, 5.74) is 9.14. The van der Waals surface area contributed by atoms with Crippen LogP contribution in [0.25, 0.3) is 11.1 Å². The minimum atomic E-state index is -0.253. The summed E-state index contributed by atoms with van der Waals surface area (Å²) in [6, 6.07) is 9.83. The van der Waals surface area contributed by atoms with E-state index < -0.39 is 0 Å². The second-order valence-electron chi connectivity index (χ2n) is 3.68. The highest BCUT2D eigenvalue weighted by Crippen LogP contribution is 2.31. The van der Waals surface area contributed by atoms with Crippen molar-refractivity contribution in [2.45, 2.75) is 6.92 Å². The van der Waals surface area contributed by atoms with Gasteiger partial charge in [0.2, 0.25) is 0 Å². The number of benzene rings is 2. The fraction of sp³-hybridized carbons (Fsp3) is 0.0769. The molecule has 2 rings (SSSR count). The number of nitrogens with two attached hydrogens (primary N) is 1. The van der Waals surface area contributed by atoms with Crippen LogP contribution in [0, 0.1) is 12.7 Å². The Labute approximate surface area is 98.7 Å². The first-order valence-corrected chi connectivity index (χ1v) is 5.27. The van der Waals surface area contributed by atoms with Crippen LogP contribution < -0.4 is 5.73 Å². The van der Waals surface area contributed by atoms with Crippen molar-refractivity contribution in [3.8, 4) is 11.1 Å². The third-order valence-electron chi connectivity index (χ3n) is 2.52. The maximum absolute atomic E-state index is 12.8. The van der Waals surface area contributed by atoms with Crippen LogP contribution >= 0.6 is 11.6 Å². The summed E-state index contributed by atoms with van der Waals surface area (Å²) in [4.78, 5) is 0. The number of nitrogen functional groups attached to an aromatic ring is 1. The minimum absolute atomic E-state index is 0.253. The van der Waals surface area contributed by atoms with E-state index in [1.165, 1.54) is 12.1 Å². The van der Waals surface area contributed by atoms with E-state index in [1.807, 2.05) is 13.0 Å². The van der Waals surface area contributed by atoms with Crippen molar-refractivity contribution < 1.29 is 4.39 Å². The van der Waals surface area contributed by atoms with Gasteiger partial charge in [0.05, 0.1) is 0 Å². The lowest BCUT2D eigenvalue weighted by atomic mass is 10.00. The summed E-state index contributed by atoms with van der Waals surface area (Å²) in [5, 5.41) is 0.624. The van der Waals surface area contributed by atoms with Gasteiger partial charge in [-0.3, -0.25) is 0 Å². The third-order valence-corrected chi connectivity index (χ3v) is 2.91. The van der Waals surface area contributed by atoms with Gasteiger partial charge in [0.1, 0.15) is 5.82 Å². The molecular weight excluding hydrogens is 225 g/mol. The molecule has 0 radical (unpaired) electrons. The third kappa shape index (κ3) is 2.02. The zero-order valence-electron chi connectivity index (χ0n) is 8.80. The Balaban J connectivity index is 2.59. The first kappa shape index (κ1) is 11.0. The molecule has 0 aliphatic rings. The normalized spacial score (nSPS) is 10.4. The van der Waals surface area contributed by atoms with E-state index in [2.05, 4.69) is 0 Å². The zero-order chi connectivity index (χ0) is 11.7. The van der Waals surface area contributed by atoms with Crippen molar-refractivity contribution >= 4 is 17.3 Å². The van der Waals surface area contributed by atoms with E-state index >= 15 is 0 Å². The average molecular weight is 236 g/mol. The molecule has 0 saturated carbocycles. The zero-order valence-corrected chi connectivity index (χ0v) is 9.55. The molecule has 0 aromatic heterocycles. The topological polar surface area (TPSA) is 26.0 Å². The average Bonchev–Trinajstić information content (AvgIpc) is 2.25. The number of halogens is 2. The van der Waals surface area contributed by atoms with E-state index in [0.29, 0.717) is 10.7 Å². The van der Waals surface area contributed by atoms with Crippen LogP contribution in [0.15, 0.2) is 36.4 Å². The van der Waals surface area contributed by atoms with Gasteiger partial charge in [0.15, 0.2) is 0 Å². The quantitative estimate of drug-likeness (QED) is 0.742. The van der Waals surface area contributed by atoms with Gasteiger partial charge >= 0.3 is 0 Å². The molecule has 2 aromatic carbocycles. The van der Waals surface area contributed by atoms with E-state index in [4.69, 9.17) is 17.3 Å². The number of hydrogen-bond acceptors (Lipinski definition) is 1. The summed E-state index contributed by atoms with van der Waals surface area (Å²) in [6.07, 6.45) is 0. The van der Waals surface area contributed by atoms with Crippen molar-refractivity contribution in [2.75, 3.05) is 5.73 Å². The van der Waals surface area contributed by atoms with Crippen molar-refractivity contribution in [1.29, 1.82) is 0 Å². The lowest BCUT2D eigenvalue weighted by Gasteiger charge is -2.09. The summed E-state index contributed by atoms with van der Waals surface area (Å²) >= 11 is 6.05. The maximum atomic E-state index is 12.8. The lowest BCUT2D eigenvalue weighted by molar-refractivity contribution is 0.628. The van der Waals surface area contributed by atoms with Gasteiger partial charge in [-0.25, -0.2) is 4.39 Å². The molecule has 0 amide bonds. The highest BCUT2D eigenvalue weighted by Gasteiger charge is 2.06. The van der Waals surface area contributed by atoms with Gasteiger partial charge in [-0.15, -0.1) is 0 Å². The Bertz CT molecular complexity index is 520. The molecule has 82 valence electrons. The molecule has 2 N–H and O–H groups in total. The monoisotopic (exact) mass is 235 g/mol. The fourth-order valence-electron chi connectivity index (χ4n) is 1.63. The largest absolute Gasteiger partial charge is 0.399 e. The molecule has 2 aromatic rings. The van der Waals surface area contributed by atoms with Crippen molar-refractivity contribution in [1.82, 2.24) is 0 Å². The molecule has 3 heteroatoms. The van der Waals surface area contributed by atoms with Crippen LogP contribution in [0.4, 0.5) is 10.1 Å². The van der Waals surface area contributed by atoms with Crippen LogP contribution in [-0.4, -0.2) is 0 Å². The first-order chi connectivity index (χ1) is 7.58. The molecular formula is C13H11ClFN. The van der Waals surface area contributed by atoms with Gasteiger partial charge in [0, 0.05) is 10.7 Å². The summed E-state index contributed by atoms with van der Waals surface area (Å²) in [5.74, 6) is -0.253. The first-order valence-electron chi connectivity index (χ1n) is 4.89. The van der Waals surface area contributed by atoms with Gasteiger partial charge in [-0.05, 0) is 47.9 Å². The molecule has 0 unspecified atom stereocenters. The highest BCUT2D eigenvalue weighted by atomic mass is 35.5. The summed E-state index contributed by atoms with van der Waals surface area (Å²) in [7, 11) is 0. The van der Waals surface area contributed by atoms with Crippen molar-refractivity contribution in [3.05, 3.63) is 52.8 Å². The van der Waals surface area contributed by atoms with Crippen molar-refractivity contribution in [3.63, 3.8) is 0 Å². The Morgan fingerprint density at radius 3 is 2.38 bits per heavy atom. The van der Waals surface area contributed by atoms with E-state index in [0.717, 1.165) is 16.7 Å². The summed E-state index contributed by atoms with van der Waals surface area (Å²) < 4.78 is 12.8. The molecule has 0 atom stereocenters. The van der Waals surface area contributed by atoms with Crippen LogP contribution in [0.2, 0.25) is 5.02 Å². The minimum Gasteiger partial charge on any atom is -0.399 e. The Morgan fingerprint density at radius 1 is 1.12 bits per heavy atom. The SMILES string of the molecule is Cc1c(Cl)cc(N)cc1-c1ccc(F)cc1. The van der Waals surface area contributed by atoms with E-state index in [9.17, 15) is 4.39 Å². The number of rotatable bonds is 1. The molecule has 0 saturated heterocycles. The second kappa shape index (κ2) is 4.14. The van der Waals surface area contributed by atoms with Crippen LogP contribution in [0.5, 0.6) is 0 Å². The Morgan fingerprint density at radius 2 is 1.75 bits per heavy atom. The van der Waals surface area contributed by atoms with Gasteiger partial charge in [0.25, 0.3) is 0 Å². The summed E-state index contributed by atoms with van der Waals surface area (Å²) in [6.45, 7) is 1.92. The Hall–Kier alpha value is -1.54. The van der Waals surface area contributed by atoms with Crippen LogP contribution in [0.1, 0.15) is 5.56 Å².